The van der Waals surface area contributed by atoms with Gasteiger partial charge in [-0.15, -0.1) is 6.58 Å². The summed E-state index contributed by atoms with van der Waals surface area (Å²) in [5.41, 5.74) is 1.78. The smallest absolute Gasteiger partial charge is 0.0127 e. The Hall–Kier alpha value is -1.04. The second-order valence-electron chi connectivity index (χ2n) is 5.86. The summed E-state index contributed by atoms with van der Waals surface area (Å²) in [5, 5.41) is 0. The second-order valence-corrected chi connectivity index (χ2v) is 5.86. The van der Waals surface area contributed by atoms with Gasteiger partial charge in [0.15, 0.2) is 0 Å². The fraction of sp³-hybridized carbons (Fsp3) is 0.500. The summed E-state index contributed by atoms with van der Waals surface area (Å²) in [6.45, 7) is 13.2. The van der Waals surface area contributed by atoms with E-state index in [-0.39, 0.29) is 0 Å². The summed E-state index contributed by atoms with van der Waals surface area (Å²) in [6.07, 6.45) is 3.30. The van der Waals surface area contributed by atoms with Crippen LogP contribution in [0.4, 0.5) is 0 Å². The third-order valence-corrected chi connectivity index (χ3v) is 3.12. The van der Waals surface area contributed by atoms with Crippen molar-refractivity contribution in [1.29, 1.82) is 0 Å². The highest BCUT2D eigenvalue weighted by Crippen LogP contribution is 2.34. The lowest BCUT2D eigenvalue weighted by molar-refractivity contribution is 0.304. The van der Waals surface area contributed by atoms with Gasteiger partial charge in [-0.05, 0) is 29.2 Å². The van der Waals surface area contributed by atoms with Crippen LogP contribution >= 0.6 is 0 Å². The number of rotatable bonds is 4. The molecule has 0 nitrogen and oxygen atoms in total. The van der Waals surface area contributed by atoms with E-state index < -0.39 is 0 Å². The molecule has 1 aromatic rings. The molecule has 0 bridgehead atoms. The predicted molar refractivity (Wildman–Crippen MR) is 72.6 cm³/mol. The molecule has 0 radical (unpaired) electrons. The first-order chi connectivity index (χ1) is 7.44. The Morgan fingerprint density at radius 2 is 1.75 bits per heavy atom. The molecule has 0 heteroatoms. The average Bonchev–Trinajstić information content (AvgIpc) is 2.25. The molecule has 0 aliphatic carbocycles. The van der Waals surface area contributed by atoms with Gasteiger partial charge < -0.3 is 0 Å². The summed E-state index contributed by atoms with van der Waals surface area (Å²) < 4.78 is 0. The maximum Gasteiger partial charge on any atom is -0.0127 e. The Morgan fingerprint density at radius 3 is 2.19 bits per heavy atom. The molecule has 2 atom stereocenters. The van der Waals surface area contributed by atoms with Crippen LogP contribution in [-0.4, -0.2) is 0 Å². The minimum absolute atomic E-state index is 0.363. The third kappa shape index (κ3) is 3.84. The first kappa shape index (κ1) is 13.0. The molecule has 0 fully saturated rings. The topological polar surface area (TPSA) is 0 Å². The van der Waals surface area contributed by atoms with Gasteiger partial charge in [-0.1, -0.05) is 64.1 Å². The predicted octanol–water partition coefficient (Wildman–Crippen LogP) is 5.03. The zero-order valence-electron chi connectivity index (χ0n) is 11.0. The summed E-state index contributed by atoms with van der Waals surface area (Å²) in [5.74, 6) is 1.11. The van der Waals surface area contributed by atoms with E-state index in [2.05, 4.69) is 70.7 Å². The van der Waals surface area contributed by atoms with Crippen molar-refractivity contribution in [3.63, 3.8) is 0 Å². The Morgan fingerprint density at radius 1 is 1.19 bits per heavy atom. The maximum absolute atomic E-state index is 3.99. The maximum atomic E-state index is 3.99. The summed E-state index contributed by atoms with van der Waals surface area (Å²) in [4.78, 5) is 0. The van der Waals surface area contributed by atoms with Crippen molar-refractivity contribution in [3.05, 3.63) is 48.6 Å². The van der Waals surface area contributed by atoms with Crippen molar-refractivity contribution >= 4 is 0 Å². The zero-order chi connectivity index (χ0) is 12.2. The first-order valence-electron chi connectivity index (χ1n) is 6.11. The molecule has 0 aliphatic rings. The first-order valence-corrected chi connectivity index (χ1v) is 6.11. The number of allylic oxidation sites excluding steroid dienone is 1. The molecule has 2 unspecified atom stereocenters. The average molecular weight is 216 g/mol. The van der Waals surface area contributed by atoms with E-state index in [4.69, 9.17) is 0 Å². The molecule has 0 aliphatic heterocycles. The molecule has 0 saturated heterocycles. The van der Waals surface area contributed by atoms with Crippen molar-refractivity contribution in [1.82, 2.24) is 0 Å². The molecule has 0 heterocycles. The standard InChI is InChI=1S/C16H24/c1-6-14(12-16(3,4)5)13(2)15-10-8-7-9-11-15/h6-11,13-14H,1,12H2,2-5H3. The zero-order valence-corrected chi connectivity index (χ0v) is 11.0. The number of hydrogen-bond acceptors (Lipinski definition) is 0. The number of benzene rings is 1. The molecule has 1 aromatic carbocycles. The molecular weight excluding hydrogens is 192 g/mol. The molecule has 88 valence electrons. The normalized spacial score (nSPS) is 15.5. The van der Waals surface area contributed by atoms with Crippen LogP contribution in [-0.2, 0) is 0 Å². The SMILES string of the molecule is C=CC(CC(C)(C)C)C(C)c1ccccc1. The minimum atomic E-state index is 0.363. The fourth-order valence-electron chi connectivity index (χ4n) is 2.18. The molecule has 0 saturated carbocycles. The van der Waals surface area contributed by atoms with Crippen LogP contribution in [0.25, 0.3) is 0 Å². The van der Waals surface area contributed by atoms with Crippen LogP contribution in [0.5, 0.6) is 0 Å². The summed E-state index contributed by atoms with van der Waals surface area (Å²) in [7, 11) is 0. The highest BCUT2D eigenvalue weighted by atomic mass is 14.3. The van der Waals surface area contributed by atoms with E-state index in [1.807, 2.05) is 0 Å². The van der Waals surface area contributed by atoms with E-state index in [1.54, 1.807) is 0 Å². The minimum Gasteiger partial charge on any atom is -0.103 e. The van der Waals surface area contributed by atoms with Crippen LogP contribution < -0.4 is 0 Å². The molecule has 1 rings (SSSR count). The van der Waals surface area contributed by atoms with Gasteiger partial charge >= 0.3 is 0 Å². The van der Waals surface area contributed by atoms with Crippen LogP contribution in [0.1, 0.15) is 45.6 Å². The molecule has 0 aromatic heterocycles. The van der Waals surface area contributed by atoms with Crippen molar-refractivity contribution in [3.8, 4) is 0 Å². The fourth-order valence-corrected chi connectivity index (χ4v) is 2.18. The van der Waals surface area contributed by atoms with Gasteiger partial charge in [0, 0.05) is 0 Å². The number of hydrogen-bond donors (Lipinski definition) is 0. The molecule has 16 heavy (non-hydrogen) atoms. The largest absolute Gasteiger partial charge is 0.103 e. The van der Waals surface area contributed by atoms with Gasteiger partial charge in [0.05, 0.1) is 0 Å². The van der Waals surface area contributed by atoms with E-state index in [9.17, 15) is 0 Å². The van der Waals surface area contributed by atoms with Crippen molar-refractivity contribution in [2.45, 2.75) is 40.0 Å². The van der Waals surface area contributed by atoms with Crippen LogP contribution in [0.15, 0.2) is 43.0 Å². The van der Waals surface area contributed by atoms with Crippen molar-refractivity contribution in [2.75, 3.05) is 0 Å². The lowest BCUT2D eigenvalue weighted by Gasteiger charge is -2.28. The Kier molecular flexibility index (Phi) is 4.35. The molecule has 0 spiro atoms. The van der Waals surface area contributed by atoms with Gasteiger partial charge in [0.2, 0.25) is 0 Å². The van der Waals surface area contributed by atoms with E-state index >= 15 is 0 Å². The Balaban J connectivity index is 2.78. The molecule has 0 N–H and O–H groups in total. The Bertz CT molecular complexity index is 316. The highest BCUT2D eigenvalue weighted by molar-refractivity contribution is 5.20. The van der Waals surface area contributed by atoms with E-state index in [1.165, 1.54) is 12.0 Å². The van der Waals surface area contributed by atoms with Gasteiger partial charge in [-0.3, -0.25) is 0 Å². The monoisotopic (exact) mass is 216 g/mol. The van der Waals surface area contributed by atoms with Gasteiger partial charge in [0.1, 0.15) is 0 Å². The molecular formula is C16H24. The summed E-state index contributed by atoms with van der Waals surface area (Å²) in [6, 6.07) is 10.7. The van der Waals surface area contributed by atoms with Crippen LogP contribution in [0.2, 0.25) is 0 Å². The lowest BCUT2D eigenvalue weighted by Crippen LogP contribution is -2.16. The second kappa shape index (κ2) is 5.34. The highest BCUT2D eigenvalue weighted by Gasteiger charge is 2.22. The lowest BCUT2D eigenvalue weighted by atomic mass is 9.77. The Labute approximate surface area is 100 Å². The quantitative estimate of drug-likeness (QED) is 0.619. The third-order valence-electron chi connectivity index (χ3n) is 3.12. The molecule has 0 amide bonds. The van der Waals surface area contributed by atoms with E-state index in [0.29, 0.717) is 17.3 Å². The van der Waals surface area contributed by atoms with Crippen LogP contribution in [0, 0.1) is 11.3 Å². The van der Waals surface area contributed by atoms with Gasteiger partial charge in [-0.25, -0.2) is 0 Å². The van der Waals surface area contributed by atoms with E-state index in [0.717, 1.165) is 0 Å². The van der Waals surface area contributed by atoms with Gasteiger partial charge in [-0.2, -0.15) is 0 Å². The van der Waals surface area contributed by atoms with Gasteiger partial charge in [0.25, 0.3) is 0 Å². The van der Waals surface area contributed by atoms with Crippen molar-refractivity contribution in [2.24, 2.45) is 11.3 Å². The summed E-state index contributed by atoms with van der Waals surface area (Å²) >= 11 is 0. The van der Waals surface area contributed by atoms with Crippen LogP contribution in [0.3, 0.4) is 0 Å². The van der Waals surface area contributed by atoms with Crippen molar-refractivity contribution < 1.29 is 0 Å².